The predicted molar refractivity (Wildman–Crippen MR) is 86.3 cm³/mol. The monoisotopic (exact) mass is 393 g/mol. The number of rotatable bonds is 4. The Balaban J connectivity index is 2.32. The van der Waals surface area contributed by atoms with Crippen LogP contribution in [0.2, 0.25) is 10.0 Å². The lowest BCUT2D eigenvalue weighted by molar-refractivity contribution is 0.601. The van der Waals surface area contributed by atoms with Gasteiger partial charge in [-0.05, 0) is 35.9 Å². The van der Waals surface area contributed by atoms with Crippen LogP contribution in [0.15, 0.2) is 47.4 Å². The van der Waals surface area contributed by atoms with E-state index < -0.39 is 10.0 Å². The van der Waals surface area contributed by atoms with Crippen molar-refractivity contribution in [2.45, 2.75) is 10.2 Å². The Labute approximate surface area is 136 Å². The van der Waals surface area contributed by atoms with Crippen molar-refractivity contribution in [1.82, 2.24) is 0 Å². The molecular weight excluding hydrogens is 385 g/mol. The maximum Gasteiger partial charge on any atom is 0.263 e. The lowest BCUT2D eigenvalue weighted by Crippen LogP contribution is -2.13. The quantitative estimate of drug-likeness (QED) is 0.764. The summed E-state index contributed by atoms with van der Waals surface area (Å²) in [5, 5.41) is 1.14. The van der Waals surface area contributed by atoms with Gasteiger partial charge >= 0.3 is 0 Å². The van der Waals surface area contributed by atoms with Crippen LogP contribution >= 0.6 is 39.1 Å². The summed E-state index contributed by atoms with van der Waals surface area (Å²) in [7, 11) is -3.76. The number of alkyl halides is 1. The summed E-state index contributed by atoms with van der Waals surface area (Å²) in [6, 6.07) is 11.3. The Kier molecular flexibility index (Phi) is 4.96. The average molecular weight is 395 g/mol. The number of benzene rings is 2. The SMILES string of the molecule is O=S(=O)(Nc1ccc(CBr)cc1)c1cc(Cl)ccc1Cl. The van der Waals surface area contributed by atoms with Crippen LogP contribution in [0.1, 0.15) is 5.56 Å². The van der Waals surface area contributed by atoms with Gasteiger partial charge in [0.1, 0.15) is 4.90 Å². The molecule has 106 valence electrons. The summed E-state index contributed by atoms with van der Waals surface area (Å²) < 4.78 is 27.0. The van der Waals surface area contributed by atoms with Crippen LogP contribution in [0.3, 0.4) is 0 Å². The highest BCUT2D eigenvalue weighted by atomic mass is 79.9. The second-order valence-corrected chi connectivity index (χ2v) is 7.07. The van der Waals surface area contributed by atoms with Crippen LogP contribution in [-0.4, -0.2) is 8.42 Å². The van der Waals surface area contributed by atoms with Gasteiger partial charge in [0.2, 0.25) is 0 Å². The molecule has 0 aliphatic heterocycles. The van der Waals surface area contributed by atoms with Gasteiger partial charge in [-0.25, -0.2) is 8.42 Å². The van der Waals surface area contributed by atoms with Gasteiger partial charge in [-0.15, -0.1) is 0 Å². The van der Waals surface area contributed by atoms with Crippen molar-refractivity contribution in [3.63, 3.8) is 0 Å². The summed E-state index contributed by atoms with van der Waals surface area (Å²) in [4.78, 5) is -0.0452. The first-order valence-electron chi connectivity index (χ1n) is 5.55. The first-order valence-corrected chi connectivity index (χ1v) is 8.91. The molecule has 0 heterocycles. The predicted octanol–water partition coefficient (Wildman–Crippen LogP) is 4.69. The van der Waals surface area contributed by atoms with Crippen LogP contribution in [0.5, 0.6) is 0 Å². The van der Waals surface area contributed by atoms with Gasteiger partial charge in [-0.3, -0.25) is 4.72 Å². The van der Waals surface area contributed by atoms with Gasteiger partial charge in [-0.1, -0.05) is 51.3 Å². The summed E-state index contributed by atoms with van der Waals surface area (Å²) in [6.45, 7) is 0. The van der Waals surface area contributed by atoms with Crippen molar-refractivity contribution in [3.8, 4) is 0 Å². The molecule has 2 rings (SSSR count). The zero-order valence-electron chi connectivity index (χ0n) is 10.1. The normalized spacial score (nSPS) is 11.3. The zero-order chi connectivity index (χ0) is 14.8. The number of nitrogens with one attached hydrogen (secondary N) is 1. The standard InChI is InChI=1S/C13H10BrCl2NO2S/c14-8-9-1-4-11(5-2-9)17-20(18,19)13-7-10(15)3-6-12(13)16/h1-7,17H,8H2. The van der Waals surface area contributed by atoms with Crippen LogP contribution < -0.4 is 4.72 Å². The van der Waals surface area contributed by atoms with Crippen LogP contribution in [0.4, 0.5) is 5.69 Å². The summed E-state index contributed by atoms with van der Waals surface area (Å²) in [6.07, 6.45) is 0. The second kappa shape index (κ2) is 6.35. The lowest BCUT2D eigenvalue weighted by Gasteiger charge is -2.10. The van der Waals surface area contributed by atoms with Crippen molar-refractivity contribution in [2.24, 2.45) is 0 Å². The molecular formula is C13H10BrCl2NO2S. The molecule has 2 aromatic carbocycles. The molecule has 0 aromatic heterocycles. The highest BCUT2D eigenvalue weighted by Gasteiger charge is 2.18. The third-order valence-electron chi connectivity index (χ3n) is 2.54. The largest absolute Gasteiger partial charge is 0.280 e. The number of anilines is 1. The fraction of sp³-hybridized carbons (Fsp3) is 0.0769. The highest BCUT2D eigenvalue weighted by Crippen LogP contribution is 2.27. The molecule has 20 heavy (non-hydrogen) atoms. The van der Waals surface area contributed by atoms with E-state index in [0.717, 1.165) is 5.56 Å². The van der Waals surface area contributed by atoms with Gasteiger partial charge in [0, 0.05) is 16.0 Å². The molecule has 0 unspecified atom stereocenters. The van der Waals surface area contributed by atoms with E-state index in [1.165, 1.54) is 18.2 Å². The zero-order valence-corrected chi connectivity index (χ0v) is 14.0. The van der Waals surface area contributed by atoms with Crippen molar-refractivity contribution in [3.05, 3.63) is 58.1 Å². The van der Waals surface area contributed by atoms with Gasteiger partial charge < -0.3 is 0 Å². The van der Waals surface area contributed by atoms with E-state index in [0.29, 0.717) is 16.0 Å². The third kappa shape index (κ3) is 3.67. The molecule has 2 aromatic rings. The molecule has 1 N–H and O–H groups in total. The minimum atomic E-state index is -3.76. The molecule has 0 spiro atoms. The van der Waals surface area contributed by atoms with E-state index in [1.54, 1.807) is 12.1 Å². The lowest BCUT2D eigenvalue weighted by atomic mass is 10.2. The average Bonchev–Trinajstić information content (AvgIpc) is 2.42. The number of hydrogen-bond donors (Lipinski definition) is 1. The fourth-order valence-corrected chi connectivity index (χ4v) is 3.75. The summed E-state index contributed by atoms with van der Waals surface area (Å²) >= 11 is 15.0. The number of sulfonamides is 1. The van der Waals surface area contributed by atoms with E-state index in [9.17, 15) is 8.42 Å². The maximum absolute atomic E-state index is 12.3. The Hall–Kier alpha value is -0.750. The van der Waals surface area contributed by atoms with Crippen LogP contribution in [0, 0.1) is 0 Å². The van der Waals surface area contributed by atoms with Crippen molar-refractivity contribution < 1.29 is 8.42 Å². The van der Waals surface area contributed by atoms with E-state index in [4.69, 9.17) is 23.2 Å². The van der Waals surface area contributed by atoms with Gasteiger partial charge in [0.25, 0.3) is 10.0 Å². The van der Waals surface area contributed by atoms with E-state index >= 15 is 0 Å². The molecule has 0 bridgehead atoms. The molecule has 0 aliphatic rings. The van der Waals surface area contributed by atoms with Gasteiger partial charge in [0.15, 0.2) is 0 Å². The van der Waals surface area contributed by atoms with Crippen molar-refractivity contribution in [2.75, 3.05) is 4.72 Å². The van der Waals surface area contributed by atoms with E-state index in [1.807, 2.05) is 12.1 Å². The minimum Gasteiger partial charge on any atom is -0.280 e. The third-order valence-corrected chi connectivity index (χ3v) is 5.29. The summed E-state index contributed by atoms with van der Waals surface area (Å²) in [5.41, 5.74) is 1.51. The maximum atomic E-state index is 12.3. The fourth-order valence-electron chi connectivity index (χ4n) is 1.56. The molecule has 3 nitrogen and oxygen atoms in total. The molecule has 0 radical (unpaired) electrons. The molecule has 0 fully saturated rings. The highest BCUT2D eigenvalue weighted by molar-refractivity contribution is 9.08. The van der Waals surface area contributed by atoms with Crippen LogP contribution in [0.25, 0.3) is 0 Å². The summed E-state index contributed by atoms with van der Waals surface area (Å²) in [5.74, 6) is 0. The molecule has 0 amide bonds. The molecule has 0 aliphatic carbocycles. The molecule has 7 heteroatoms. The second-order valence-electron chi connectivity index (χ2n) is 4.01. The van der Waals surface area contributed by atoms with E-state index in [-0.39, 0.29) is 9.92 Å². The molecule has 0 saturated carbocycles. The van der Waals surface area contributed by atoms with Crippen LogP contribution in [-0.2, 0) is 15.4 Å². The van der Waals surface area contributed by atoms with E-state index in [2.05, 4.69) is 20.7 Å². The number of halogens is 3. The van der Waals surface area contributed by atoms with Crippen molar-refractivity contribution in [1.29, 1.82) is 0 Å². The van der Waals surface area contributed by atoms with Gasteiger partial charge in [0.05, 0.1) is 5.02 Å². The Morgan fingerprint density at radius 1 is 1.05 bits per heavy atom. The van der Waals surface area contributed by atoms with Gasteiger partial charge in [-0.2, -0.15) is 0 Å². The molecule has 0 saturated heterocycles. The number of hydrogen-bond acceptors (Lipinski definition) is 2. The molecule has 0 atom stereocenters. The topological polar surface area (TPSA) is 46.2 Å². The smallest absolute Gasteiger partial charge is 0.263 e. The Morgan fingerprint density at radius 3 is 2.30 bits per heavy atom. The van der Waals surface area contributed by atoms with Crippen molar-refractivity contribution >= 4 is 54.8 Å². The minimum absolute atomic E-state index is 0.0452. The Bertz CT molecular complexity index is 718. The first kappa shape index (κ1) is 15.6. The first-order chi connectivity index (χ1) is 9.42. The Morgan fingerprint density at radius 2 is 1.70 bits per heavy atom.